The first-order valence-electron chi connectivity index (χ1n) is 7.59. The Kier molecular flexibility index (Phi) is 5.91. The maximum Gasteiger partial charge on any atom is 0.199 e. The highest BCUT2D eigenvalue weighted by Gasteiger charge is 2.23. The highest BCUT2D eigenvalue weighted by Crippen LogP contribution is 2.23. The molecule has 0 aromatic carbocycles. The van der Waals surface area contributed by atoms with Crippen LogP contribution in [-0.4, -0.2) is 36.9 Å². The molecule has 1 aromatic rings. The fourth-order valence-electron chi connectivity index (χ4n) is 2.97. The lowest BCUT2D eigenvalue weighted by Crippen LogP contribution is -2.35. The number of aromatic nitrogens is 3. The van der Waals surface area contributed by atoms with Gasteiger partial charge in [0.2, 0.25) is 0 Å². The Balaban J connectivity index is 2.20. The van der Waals surface area contributed by atoms with E-state index in [1.807, 2.05) is 4.57 Å². The molecule has 2 rings (SSSR count). The van der Waals surface area contributed by atoms with Gasteiger partial charge in [0.25, 0.3) is 0 Å². The van der Waals surface area contributed by atoms with Gasteiger partial charge in [0.1, 0.15) is 6.61 Å². The van der Waals surface area contributed by atoms with Gasteiger partial charge in [0.15, 0.2) is 10.6 Å². The van der Waals surface area contributed by atoms with E-state index < -0.39 is 0 Å². The topological polar surface area (TPSA) is 70.0 Å². The molecule has 1 aliphatic carbocycles. The summed E-state index contributed by atoms with van der Waals surface area (Å²) in [5, 5.41) is 22.9. The molecule has 6 nitrogen and oxygen atoms in total. The first-order valence-corrected chi connectivity index (χ1v) is 8.00. The minimum atomic E-state index is -0.113. The van der Waals surface area contributed by atoms with Gasteiger partial charge in [-0.1, -0.05) is 19.8 Å². The minimum absolute atomic E-state index is 0.113. The average Bonchev–Trinajstić information content (AvgIpc) is 3.10. The molecule has 0 saturated heterocycles. The van der Waals surface area contributed by atoms with Crippen LogP contribution in [0.15, 0.2) is 0 Å². The first kappa shape index (κ1) is 16.1. The number of aliphatic hydroxyl groups is 1. The van der Waals surface area contributed by atoms with Crippen molar-refractivity contribution in [2.24, 2.45) is 0 Å². The second-order valence-electron chi connectivity index (χ2n) is 5.49. The normalized spacial score (nSPS) is 15.7. The standard InChI is InChI=1S/C14H23N5OS/c1-2-8-18-13(10-20)16-19(14(18)21)11-17(9-7-15)12-5-3-4-6-12/h12,20H,2-6,8-11H2,1H3. The zero-order chi connectivity index (χ0) is 15.2. The predicted octanol–water partition coefficient (Wildman–Crippen LogP) is 2.04. The Morgan fingerprint density at radius 2 is 2.19 bits per heavy atom. The quantitative estimate of drug-likeness (QED) is 0.616. The largest absolute Gasteiger partial charge is 0.388 e. The number of nitrogens with zero attached hydrogens (tertiary/aromatic N) is 5. The summed E-state index contributed by atoms with van der Waals surface area (Å²) in [6.45, 7) is 3.64. The Bertz CT molecular complexity index is 553. The van der Waals surface area contributed by atoms with Gasteiger partial charge in [-0.3, -0.25) is 4.90 Å². The van der Waals surface area contributed by atoms with Crippen LogP contribution in [0.5, 0.6) is 0 Å². The van der Waals surface area contributed by atoms with E-state index in [9.17, 15) is 5.11 Å². The Morgan fingerprint density at radius 3 is 2.76 bits per heavy atom. The van der Waals surface area contributed by atoms with E-state index in [4.69, 9.17) is 17.5 Å². The van der Waals surface area contributed by atoms with Gasteiger partial charge in [-0.15, -0.1) is 0 Å². The van der Waals surface area contributed by atoms with Crippen molar-refractivity contribution in [3.8, 4) is 6.07 Å². The monoisotopic (exact) mass is 309 g/mol. The van der Waals surface area contributed by atoms with Crippen molar-refractivity contribution >= 4 is 12.2 Å². The Labute approximate surface area is 130 Å². The summed E-state index contributed by atoms with van der Waals surface area (Å²) in [6, 6.07) is 2.68. The predicted molar refractivity (Wildman–Crippen MR) is 81.8 cm³/mol. The van der Waals surface area contributed by atoms with E-state index >= 15 is 0 Å². The van der Waals surface area contributed by atoms with Crippen molar-refractivity contribution in [2.75, 3.05) is 6.54 Å². The fraction of sp³-hybridized carbons (Fsp3) is 0.786. The molecular formula is C14H23N5OS. The molecule has 0 radical (unpaired) electrons. The molecule has 1 aliphatic rings. The van der Waals surface area contributed by atoms with Crippen LogP contribution in [0.3, 0.4) is 0 Å². The molecule has 21 heavy (non-hydrogen) atoms. The number of nitriles is 1. The molecule has 116 valence electrons. The van der Waals surface area contributed by atoms with E-state index in [2.05, 4.69) is 23.0 Å². The van der Waals surface area contributed by atoms with Crippen LogP contribution in [0.4, 0.5) is 0 Å². The third kappa shape index (κ3) is 3.70. The van der Waals surface area contributed by atoms with Crippen LogP contribution >= 0.6 is 12.2 Å². The molecular weight excluding hydrogens is 286 g/mol. The van der Waals surface area contributed by atoms with Crippen LogP contribution in [0.1, 0.15) is 44.9 Å². The van der Waals surface area contributed by atoms with Crippen LogP contribution in [-0.2, 0) is 19.8 Å². The molecule has 1 heterocycles. The summed E-state index contributed by atoms with van der Waals surface area (Å²) < 4.78 is 4.25. The molecule has 1 aromatic heterocycles. The second kappa shape index (κ2) is 7.69. The summed E-state index contributed by atoms with van der Waals surface area (Å²) in [7, 11) is 0. The van der Waals surface area contributed by atoms with Crippen molar-refractivity contribution in [2.45, 2.75) is 64.9 Å². The molecule has 1 saturated carbocycles. The van der Waals surface area contributed by atoms with E-state index in [0.29, 0.717) is 29.9 Å². The van der Waals surface area contributed by atoms with Crippen molar-refractivity contribution in [1.82, 2.24) is 19.2 Å². The highest BCUT2D eigenvalue weighted by atomic mass is 32.1. The molecule has 0 aliphatic heterocycles. The van der Waals surface area contributed by atoms with Gasteiger partial charge in [0, 0.05) is 12.6 Å². The van der Waals surface area contributed by atoms with Gasteiger partial charge in [-0.25, -0.2) is 4.68 Å². The summed E-state index contributed by atoms with van der Waals surface area (Å²) in [5.41, 5.74) is 0. The first-order chi connectivity index (χ1) is 10.2. The molecule has 0 unspecified atom stereocenters. The van der Waals surface area contributed by atoms with E-state index in [-0.39, 0.29) is 6.61 Å². The van der Waals surface area contributed by atoms with Crippen LogP contribution in [0.2, 0.25) is 0 Å². The van der Waals surface area contributed by atoms with Gasteiger partial charge in [-0.2, -0.15) is 10.4 Å². The number of rotatable bonds is 7. The Morgan fingerprint density at radius 1 is 1.48 bits per heavy atom. The smallest absolute Gasteiger partial charge is 0.199 e. The van der Waals surface area contributed by atoms with Crippen LogP contribution in [0, 0.1) is 16.1 Å². The van der Waals surface area contributed by atoms with Crippen molar-refractivity contribution in [3.63, 3.8) is 0 Å². The van der Waals surface area contributed by atoms with Crippen molar-refractivity contribution in [3.05, 3.63) is 10.6 Å². The van der Waals surface area contributed by atoms with E-state index in [1.165, 1.54) is 12.8 Å². The van der Waals surface area contributed by atoms with E-state index in [0.717, 1.165) is 25.8 Å². The maximum absolute atomic E-state index is 9.42. The van der Waals surface area contributed by atoms with Gasteiger partial charge >= 0.3 is 0 Å². The third-order valence-electron chi connectivity index (χ3n) is 4.02. The van der Waals surface area contributed by atoms with Crippen LogP contribution in [0.25, 0.3) is 0 Å². The molecule has 0 amide bonds. The second-order valence-corrected chi connectivity index (χ2v) is 5.86. The van der Waals surface area contributed by atoms with Crippen LogP contribution < -0.4 is 0 Å². The number of aliphatic hydroxyl groups excluding tert-OH is 1. The molecule has 0 bridgehead atoms. The minimum Gasteiger partial charge on any atom is -0.388 e. The maximum atomic E-state index is 9.42. The molecule has 1 fully saturated rings. The summed E-state index contributed by atoms with van der Waals surface area (Å²) in [5.74, 6) is 0.602. The SMILES string of the molecule is CCCn1c(CO)nn(CN(CC#N)C2CCCC2)c1=S. The van der Waals surface area contributed by atoms with Gasteiger partial charge in [-0.05, 0) is 31.5 Å². The molecule has 0 spiro atoms. The lowest BCUT2D eigenvalue weighted by Gasteiger charge is -2.25. The lowest BCUT2D eigenvalue weighted by molar-refractivity contribution is 0.163. The van der Waals surface area contributed by atoms with Crippen molar-refractivity contribution < 1.29 is 5.11 Å². The summed E-state index contributed by atoms with van der Waals surface area (Å²) in [6.07, 6.45) is 5.67. The van der Waals surface area contributed by atoms with Gasteiger partial charge < -0.3 is 9.67 Å². The number of hydrogen-bond donors (Lipinski definition) is 1. The summed E-state index contributed by atoms with van der Waals surface area (Å²) in [4.78, 5) is 2.15. The average molecular weight is 309 g/mol. The fourth-order valence-corrected chi connectivity index (χ4v) is 3.27. The van der Waals surface area contributed by atoms with Gasteiger partial charge in [0.05, 0.1) is 19.3 Å². The lowest BCUT2D eigenvalue weighted by atomic mass is 10.2. The molecule has 7 heteroatoms. The molecule has 0 atom stereocenters. The Hall–Kier alpha value is -1.23. The summed E-state index contributed by atoms with van der Waals surface area (Å²) >= 11 is 5.46. The number of hydrogen-bond acceptors (Lipinski definition) is 5. The highest BCUT2D eigenvalue weighted by molar-refractivity contribution is 7.71. The molecule has 1 N–H and O–H groups in total. The van der Waals surface area contributed by atoms with Crippen molar-refractivity contribution in [1.29, 1.82) is 5.26 Å². The zero-order valence-corrected chi connectivity index (χ0v) is 13.3. The van der Waals surface area contributed by atoms with E-state index in [1.54, 1.807) is 4.68 Å². The third-order valence-corrected chi connectivity index (χ3v) is 4.45. The zero-order valence-electron chi connectivity index (χ0n) is 12.5.